The van der Waals surface area contributed by atoms with E-state index < -0.39 is 12.2 Å². The molecule has 0 aromatic rings. The van der Waals surface area contributed by atoms with Crippen LogP contribution < -0.4 is 0 Å². The van der Waals surface area contributed by atoms with Crippen LogP contribution in [0.2, 0.25) is 0 Å². The van der Waals surface area contributed by atoms with E-state index in [4.69, 9.17) is 20.1 Å². The van der Waals surface area contributed by atoms with Gasteiger partial charge in [-0.25, -0.2) is 0 Å². The van der Waals surface area contributed by atoms with Gasteiger partial charge >= 0.3 is 0 Å². The van der Waals surface area contributed by atoms with Crippen molar-refractivity contribution < 1.29 is 20.1 Å². The van der Waals surface area contributed by atoms with Gasteiger partial charge in [-0.05, 0) is 0 Å². The van der Waals surface area contributed by atoms with Crippen molar-refractivity contribution in [2.24, 2.45) is 0 Å². The molecule has 0 aliphatic carbocycles. The molecule has 0 radical (unpaired) electrons. The first-order chi connectivity index (χ1) is 4.74. The molecule has 10 heavy (non-hydrogen) atoms. The van der Waals surface area contributed by atoms with E-state index in [1.54, 1.807) is 0 Å². The molecule has 0 aromatic heterocycles. The fourth-order valence-corrected chi connectivity index (χ4v) is 0.967. The molecule has 1 aliphatic heterocycles. The van der Waals surface area contributed by atoms with Gasteiger partial charge in [-0.15, -0.1) is 0 Å². The molecule has 1 aliphatic rings. The summed E-state index contributed by atoms with van der Waals surface area (Å²) in [7, 11) is 0. The first-order valence-corrected chi connectivity index (χ1v) is 3.32. The van der Waals surface area contributed by atoms with Gasteiger partial charge in [-0.1, -0.05) is 0 Å². The van der Waals surface area contributed by atoms with E-state index in [9.17, 15) is 0 Å². The summed E-state index contributed by atoms with van der Waals surface area (Å²) in [6, 6.07) is 0. The van der Waals surface area contributed by atoms with Crippen molar-refractivity contribution in [1.29, 1.82) is 0 Å². The zero-order chi connectivity index (χ0) is 7.56. The Morgan fingerprint density at radius 3 is 2.50 bits per heavy atom. The first kappa shape index (κ1) is 7.94. The molecule has 60 valence electrons. The molecule has 0 bridgehead atoms. The van der Waals surface area contributed by atoms with Crippen LogP contribution in [0.5, 0.6) is 0 Å². The highest BCUT2D eigenvalue weighted by Gasteiger charge is 2.27. The van der Waals surface area contributed by atoms with Gasteiger partial charge in [0.05, 0.1) is 25.4 Å². The molecule has 4 heteroatoms. The Morgan fingerprint density at radius 1 is 1.30 bits per heavy atom. The largest absolute Gasteiger partial charge is 0.394 e. The van der Waals surface area contributed by atoms with E-state index >= 15 is 0 Å². The Labute approximate surface area is 59.1 Å². The Bertz CT molecular complexity index is 106. The van der Waals surface area contributed by atoms with Gasteiger partial charge in [0.15, 0.2) is 0 Å². The fourth-order valence-electron chi connectivity index (χ4n) is 0.967. The van der Waals surface area contributed by atoms with E-state index in [1.165, 1.54) is 0 Å². The van der Waals surface area contributed by atoms with Crippen molar-refractivity contribution in [2.75, 3.05) is 13.2 Å². The minimum atomic E-state index is -0.789. The van der Waals surface area contributed by atoms with E-state index in [2.05, 4.69) is 0 Å². The Balaban J connectivity index is 2.33. The molecule has 1 rings (SSSR count). The molecule has 1 fully saturated rings. The number of aliphatic hydroxyl groups is 3. The number of hydrogen-bond donors (Lipinski definition) is 3. The maximum absolute atomic E-state index is 9.04. The minimum absolute atomic E-state index is 0.0935. The van der Waals surface area contributed by atoms with Crippen molar-refractivity contribution in [1.82, 2.24) is 0 Å². The second-order valence-electron chi connectivity index (χ2n) is 2.51. The minimum Gasteiger partial charge on any atom is -0.394 e. The summed E-state index contributed by atoms with van der Waals surface area (Å²) in [4.78, 5) is 0. The monoisotopic (exact) mass is 148 g/mol. The molecule has 0 aromatic carbocycles. The summed E-state index contributed by atoms with van der Waals surface area (Å²) in [5.41, 5.74) is 0. The number of aliphatic hydroxyl groups excluding tert-OH is 3. The van der Waals surface area contributed by atoms with Crippen molar-refractivity contribution in [3.8, 4) is 0 Å². The van der Waals surface area contributed by atoms with Gasteiger partial charge in [-0.2, -0.15) is 0 Å². The number of rotatable bonds is 1. The Morgan fingerprint density at radius 2 is 2.00 bits per heavy atom. The lowest BCUT2D eigenvalue weighted by Gasteiger charge is -2.29. The van der Waals surface area contributed by atoms with Gasteiger partial charge in [-0.3, -0.25) is 0 Å². The van der Waals surface area contributed by atoms with Crippen LogP contribution in [0.3, 0.4) is 0 Å². The first-order valence-electron chi connectivity index (χ1n) is 3.32. The van der Waals surface area contributed by atoms with Crippen LogP contribution >= 0.6 is 0 Å². The lowest BCUT2D eigenvalue weighted by Crippen LogP contribution is -2.42. The van der Waals surface area contributed by atoms with Gasteiger partial charge in [0, 0.05) is 6.42 Å². The van der Waals surface area contributed by atoms with Crippen molar-refractivity contribution in [2.45, 2.75) is 24.7 Å². The third-order valence-electron chi connectivity index (χ3n) is 1.65. The summed E-state index contributed by atoms with van der Waals surface area (Å²) in [6.45, 7) is 0.0240. The maximum atomic E-state index is 9.04. The van der Waals surface area contributed by atoms with Gasteiger partial charge in [0.1, 0.15) is 6.10 Å². The van der Waals surface area contributed by atoms with Crippen LogP contribution in [-0.4, -0.2) is 46.8 Å². The molecular formula is C6H12O4. The van der Waals surface area contributed by atoms with Gasteiger partial charge in [0.2, 0.25) is 0 Å². The predicted molar refractivity (Wildman–Crippen MR) is 33.5 cm³/mol. The molecule has 1 heterocycles. The van der Waals surface area contributed by atoms with Crippen LogP contribution in [0, 0.1) is 0 Å². The van der Waals surface area contributed by atoms with E-state index in [0.29, 0.717) is 6.42 Å². The second kappa shape index (κ2) is 3.30. The van der Waals surface area contributed by atoms with Crippen LogP contribution in [0.25, 0.3) is 0 Å². The number of ether oxygens (including phenoxy) is 1. The van der Waals surface area contributed by atoms with E-state index in [0.717, 1.165) is 0 Å². The summed E-state index contributed by atoms with van der Waals surface area (Å²) in [6.07, 6.45) is -1.52. The highest BCUT2D eigenvalue weighted by Crippen LogP contribution is 2.13. The molecule has 1 saturated heterocycles. The average molecular weight is 148 g/mol. The predicted octanol–water partition coefficient (Wildman–Crippen LogP) is -1.51. The number of hydrogen-bond acceptors (Lipinski definition) is 4. The topological polar surface area (TPSA) is 69.9 Å². The summed E-state index contributed by atoms with van der Waals surface area (Å²) in [5, 5.41) is 26.5. The Kier molecular flexibility index (Phi) is 2.62. The van der Waals surface area contributed by atoms with E-state index in [1.807, 2.05) is 0 Å². The summed E-state index contributed by atoms with van der Waals surface area (Å²) >= 11 is 0. The second-order valence-corrected chi connectivity index (χ2v) is 2.51. The quantitative estimate of drug-likeness (QED) is 0.423. The van der Waals surface area contributed by atoms with Gasteiger partial charge < -0.3 is 20.1 Å². The van der Waals surface area contributed by atoms with Crippen LogP contribution in [0.4, 0.5) is 0 Å². The maximum Gasteiger partial charge on any atom is 0.103 e. The molecule has 0 spiro atoms. The summed E-state index contributed by atoms with van der Waals surface area (Å²) < 4.78 is 4.95. The molecule has 3 atom stereocenters. The summed E-state index contributed by atoms with van der Waals surface area (Å²) in [5.74, 6) is 0. The molecule has 0 saturated carbocycles. The van der Waals surface area contributed by atoms with Gasteiger partial charge in [0.25, 0.3) is 0 Å². The van der Waals surface area contributed by atoms with Crippen molar-refractivity contribution >= 4 is 0 Å². The third kappa shape index (κ3) is 1.67. The van der Waals surface area contributed by atoms with Crippen LogP contribution in [0.15, 0.2) is 0 Å². The highest BCUT2D eigenvalue weighted by atomic mass is 16.5. The van der Waals surface area contributed by atoms with Crippen molar-refractivity contribution in [3.05, 3.63) is 0 Å². The van der Waals surface area contributed by atoms with Crippen LogP contribution in [0.1, 0.15) is 6.42 Å². The standard InChI is InChI=1S/C6H12O4/c7-2-4-1-5(8)6(9)3-10-4/h4-9H,1-3H2/t4-,5-,6+/m0/s1. The zero-order valence-electron chi connectivity index (χ0n) is 5.60. The van der Waals surface area contributed by atoms with Crippen molar-refractivity contribution in [3.63, 3.8) is 0 Å². The smallest absolute Gasteiger partial charge is 0.103 e. The molecular weight excluding hydrogens is 136 g/mol. The zero-order valence-corrected chi connectivity index (χ0v) is 5.60. The Hall–Kier alpha value is -0.160. The molecule has 0 amide bonds. The average Bonchev–Trinajstić information content (AvgIpc) is 1.95. The van der Waals surface area contributed by atoms with Crippen LogP contribution in [-0.2, 0) is 4.74 Å². The third-order valence-corrected chi connectivity index (χ3v) is 1.65. The normalized spacial score (nSPS) is 41.7. The molecule has 4 nitrogen and oxygen atoms in total. The lowest BCUT2D eigenvalue weighted by atomic mass is 10.0. The fraction of sp³-hybridized carbons (Fsp3) is 1.00. The molecule has 3 N–H and O–H groups in total. The SMILES string of the molecule is OC[C@@H]1C[C@H](O)[C@H](O)CO1. The van der Waals surface area contributed by atoms with E-state index in [-0.39, 0.29) is 19.3 Å². The highest BCUT2D eigenvalue weighted by molar-refractivity contribution is 4.76. The lowest BCUT2D eigenvalue weighted by molar-refractivity contribution is -0.131. The molecule has 0 unspecified atom stereocenters.